The zero-order chi connectivity index (χ0) is 20.1. The number of aryl methyl sites for hydroxylation is 1. The Morgan fingerprint density at radius 2 is 1.96 bits per heavy atom. The van der Waals surface area contributed by atoms with Crippen molar-refractivity contribution in [2.75, 3.05) is 33.2 Å². The van der Waals surface area contributed by atoms with E-state index >= 15 is 0 Å². The van der Waals surface area contributed by atoms with Gasteiger partial charge in [-0.15, -0.1) is 0 Å². The van der Waals surface area contributed by atoms with Crippen LogP contribution in [0, 0.1) is 0 Å². The number of benzene rings is 2. The minimum Gasteiger partial charge on any atom is -0.497 e. The Labute approximate surface area is 164 Å². The molecule has 0 radical (unpaired) electrons. The van der Waals surface area contributed by atoms with Crippen LogP contribution in [0.25, 0.3) is 0 Å². The second-order valence-electron chi connectivity index (χ2n) is 6.76. The Morgan fingerprint density at radius 1 is 1.14 bits per heavy atom. The summed E-state index contributed by atoms with van der Waals surface area (Å²) in [5.74, 6) is 1.72. The Balaban J connectivity index is 1.70. The Hall–Kier alpha value is -2.93. The minimum absolute atomic E-state index is 0.102. The fourth-order valence-corrected chi connectivity index (χ4v) is 3.63. The third-order valence-corrected chi connectivity index (χ3v) is 5.04. The summed E-state index contributed by atoms with van der Waals surface area (Å²) >= 11 is 0. The van der Waals surface area contributed by atoms with Crippen LogP contribution in [0.3, 0.4) is 0 Å². The highest BCUT2D eigenvalue weighted by atomic mass is 16.5. The molecule has 2 amide bonds. The first-order valence-corrected chi connectivity index (χ1v) is 9.16. The van der Waals surface area contributed by atoms with E-state index in [2.05, 4.69) is 10.6 Å². The monoisotopic (exact) mass is 386 g/mol. The summed E-state index contributed by atoms with van der Waals surface area (Å²) in [6, 6.07) is 10.4. The van der Waals surface area contributed by atoms with E-state index in [0.717, 1.165) is 29.7 Å². The molecule has 1 aliphatic rings. The fraction of sp³-hybridized carbons (Fsp3) is 0.381. The van der Waals surface area contributed by atoms with E-state index < -0.39 is 11.6 Å². The van der Waals surface area contributed by atoms with Crippen LogP contribution in [0.2, 0.25) is 0 Å². The van der Waals surface area contributed by atoms with E-state index in [1.54, 1.807) is 25.3 Å². The van der Waals surface area contributed by atoms with Gasteiger partial charge in [-0.05, 0) is 54.7 Å². The van der Waals surface area contributed by atoms with Crippen LogP contribution in [-0.2, 0) is 12.0 Å². The van der Waals surface area contributed by atoms with Crippen molar-refractivity contribution < 1.29 is 24.1 Å². The fourth-order valence-electron chi connectivity index (χ4n) is 3.63. The van der Waals surface area contributed by atoms with Gasteiger partial charge in [0.15, 0.2) is 11.5 Å². The van der Waals surface area contributed by atoms with Gasteiger partial charge in [0, 0.05) is 0 Å². The van der Waals surface area contributed by atoms with Crippen molar-refractivity contribution in [3.63, 3.8) is 0 Å². The maximum absolute atomic E-state index is 12.4. The first-order chi connectivity index (χ1) is 13.5. The topological polar surface area (TPSA) is 89.1 Å². The van der Waals surface area contributed by atoms with Crippen molar-refractivity contribution in [2.24, 2.45) is 0 Å². The standard InChI is InChI=1S/C21H26N2O5/c1-26-15-9-10-16-14(12-15)6-5-11-21(16,25)13-22-20(24)23-17-7-4-8-18(27-2)19(17)28-3/h4,7-10,12,25H,5-6,11,13H2,1-3H3,(H2,22,23,24). The number of anilines is 1. The molecule has 7 nitrogen and oxygen atoms in total. The predicted octanol–water partition coefficient (Wildman–Crippen LogP) is 3.06. The largest absolute Gasteiger partial charge is 0.497 e. The van der Waals surface area contributed by atoms with E-state index in [-0.39, 0.29) is 6.54 Å². The minimum atomic E-state index is -1.12. The molecule has 2 aromatic rings. The number of para-hydroxylation sites is 1. The van der Waals surface area contributed by atoms with Crippen molar-refractivity contribution in [3.05, 3.63) is 47.5 Å². The average Bonchev–Trinajstić information content (AvgIpc) is 2.72. The van der Waals surface area contributed by atoms with Crippen molar-refractivity contribution in [3.8, 4) is 17.2 Å². The number of fused-ring (bicyclic) bond motifs is 1. The number of amides is 2. The van der Waals surface area contributed by atoms with E-state index in [0.29, 0.717) is 23.6 Å². The predicted molar refractivity (Wildman–Crippen MR) is 106 cm³/mol. The van der Waals surface area contributed by atoms with Crippen LogP contribution in [-0.4, -0.2) is 39.0 Å². The van der Waals surface area contributed by atoms with Crippen LogP contribution in [0.4, 0.5) is 10.5 Å². The molecule has 0 fully saturated rings. The molecule has 3 rings (SSSR count). The smallest absolute Gasteiger partial charge is 0.319 e. The number of hydrogen-bond acceptors (Lipinski definition) is 5. The number of aliphatic hydroxyl groups is 1. The average molecular weight is 386 g/mol. The molecule has 0 aliphatic heterocycles. The number of hydrogen-bond donors (Lipinski definition) is 3. The molecule has 2 aromatic carbocycles. The second kappa shape index (κ2) is 8.39. The van der Waals surface area contributed by atoms with Crippen LogP contribution in [0.15, 0.2) is 36.4 Å². The Kier molecular flexibility index (Phi) is 5.94. The molecule has 150 valence electrons. The van der Waals surface area contributed by atoms with Crippen molar-refractivity contribution >= 4 is 11.7 Å². The van der Waals surface area contributed by atoms with Gasteiger partial charge in [-0.1, -0.05) is 12.1 Å². The van der Waals surface area contributed by atoms with Crippen molar-refractivity contribution in [2.45, 2.75) is 24.9 Å². The molecule has 1 atom stereocenters. The molecule has 0 aromatic heterocycles. The van der Waals surface area contributed by atoms with Gasteiger partial charge in [0.1, 0.15) is 11.4 Å². The second-order valence-corrected chi connectivity index (χ2v) is 6.76. The molecule has 0 spiro atoms. The Morgan fingerprint density at radius 3 is 2.68 bits per heavy atom. The van der Waals surface area contributed by atoms with Crippen LogP contribution >= 0.6 is 0 Å². The molecule has 28 heavy (non-hydrogen) atoms. The lowest BCUT2D eigenvalue weighted by molar-refractivity contribution is 0.0220. The molecular weight excluding hydrogens is 360 g/mol. The summed E-state index contributed by atoms with van der Waals surface area (Å²) in [4.78, 5) is 12.4. The number of nitrogens with one attached hydrogen (secondary N) is 2. The summed E-state index contributed by atoms with van der Waals surface area (Å²) in [6.45, 7) is 0.102. The molecule has 1 aliphatic carbocycles. The first-order valence-electron chi connectivity index (χ1n) is 9.16. The molecule has 0 saturated carbocycles. The van der Waals surface area contributed by atoms with Gasteiger partial charge in [0.2, 0.25) is 0 Å². The number of methoxy groups -OCH3 is 3. The van der Waals surface area contributed by atoms with Gasteiger partial charge in [-0.3, -0.25) is 0 Å². The highest BCUT2D eigenvalue weighted by Gasteiger charge is 2.35. The number of urea groups is 1. The molecule has 1 unspecified atom stereocenters. The quantitative estimate of drug-likeness (QED) is 0.710. The lowest BCUT2D eigenvalue weighted by atomic mass is 9.79. The van der Waals surface area contributed by atoms with Crippen molar-refractivity contribution in [1.82, 2.24) is 5.32 Å². The van der Waals surface area contributed by atoms with Crippen LogP contribution < -0.4 is 24.8 Å². The summed E-state index contributed by atoms with van der Waals surface area (Å²) < 4.78 is 15.8. The van der Waals surface area contributed by atoms with E-state index in [9.17, 15) is 9.90 Å². The lowest BCUT2D eigenvalue weighted by Crippen LogP contribution is -2.44. The molecule has 0 bridgehead atoms. The summed E-state index contributed by atoms with van der Waals surface area (Å²) in [5.41, 5.74) is 1.25. The maximum atomic E-state index is 12.4. The number of rotatable bonds is 6. The normalized spacial score (nSPS) is 18.0. The van der Waals surface area contributed by atoms with Gasteiger partial charge in [0.25, 0.3) is 0 Å². The molecule has 3 N–H and O–H groups in total. The van der Waals surface area contributed by atoms with Gasteiger partial charge in [0.05, 0.1) is 33.6 Å². The van der Waals surface area contributed by atoms with Gasteiger partial charge in [-0.2, -0.15) is 0 Å². The first kappa shape index (κ1) is 19.8. The third kappa shape index (κ3) is 3.99. The summed E-state index contributed by atoms with van der Waals surface area (Å²) in [6.07, 6.45) is 2.29. The van der Waals surface area contributed by atoms with E-state index in [4.69, 9.17) is 14.2 Å². The Bertz CT molecular complexity index is 855. The van der Waals surface area contributed by atoms with Gasteiger partial charge >= 0.3 is 6.03 Å². The van der Waals surface area contributed by atoms with Crippen LogP contribution in [0.1, 0.15) is 24.0 Å². The van der Waals surface area contributed by atoms with Gasteiger partial charge in [-0.25, -0.2) is 4.79 Å². The third-order valence-electron chi connectivity index (χ3n) is 5.04. The SMILES string of the molecule is COc1ccc2c(c1)CCCC2(O)CNC(=O)Nc1cccc(OC)c1OC. The number of ether oxygens (including phenoxy) is 3. The lowest BCUT2D eigenvalue weighted by Gasteiger charge is -2.35. The zero-order valence-electron chi connectivity index (χ0n) is 16.4. The summed E-state index contributed by atoms with van der Waals surface area (Å²) in [5, 5.41) is 16.7. The number of carbonyl (C=O) groups is 1. The summed E-state index contributed by atoms with van der Waals surface area (Å²) in [7, 11) is 4.67. The van der Waals surface area contributed by atoms with Crippen LogP contribution in [0.5, 0.6) is 17.2 Å². The molecular formula is C21H26N2O5. The maximum Gasteiger partial charge on any atom is 0.319 e. The zero-order valence-corrected chi connectivity index (χ0v) is 16.4. The molecule has 7 heteroatoms. The highest BCUT2D eigenvalue weighted by Crippen LogP contribution is 2.37. The van der Waals surface area contributed by atoms with E-state index in [1.165, 1.54) is 14.2 Å². The van der Waals surface area contributed by atoms with Crippen molar-refractivity contribution in [1.29, 1.82) is 0 Å². The molecule has 0 saturated heterocycles. The molecule has 0 heterocycles. The van der Waals surface area contributed by atoms with Gasteiger partial charge < -0.3 is 30.0 Å². The highest BCUT2D eigenvalue weighted by molar-refractivity contribution is 5.91. The van der Waals surface area contributed by atoms with E-state index in [1.807, 2.05) is 18.2 Å². The number of carbonyl (C=O) groups excluding carboxylic acids is 1.